The number of rotatable bonds is 7. The number of carbonyl (C=O) groups excluding carboxylic acids is 3. The maximum Gasteiger partial charge on any atom is 0.255 e. The first-order valence-corrected chi connectivity index (χ1v) is 9.72. The Labute approximate surface area is 179 Å². The first-order valence-electron chi connectivity index (χ1n) is 9.72. The molecule has 0 atom stereocenters. The van der Waals surface area contributed by atoms with E-state index in [0.717, 1.165) is 5.56 Å². The summed E-state index contributed by atoms with van der Waals surface area (Å²) in [7, 11) is 0. The molecule has 0 saturated carbocycles. The lowest BCUT2D eigenvalue weighted by Crippen LogP contribution is -2.34. The molecule has 7 heteroatoms. The summed E-state index contributed by atoms with van der Waals surface area (Å²) in [5, 5.41) is 8.17. The molecule has 0 aliphatic carbocycles. The van der Waals surface area contributed by atoms with E-state index in [1.807, 2.05) is 19.1 Å². The number of benzene rings is 3. The summed E-state index contributed by atoms with van der Waals surface area (Å²) in [5.41, 5.74) is 2.90. The summed E-state index contributed by atoms with van der Waals surface area (Å²) in [5.74, 6) is -1.28. The summed E-state index contributed by atoms with van der Waals surface area (Å²) < 4.78 is 12.9. The van der Waals surface area contributed by atoms with Crippen LogP contribution in [-0.2, 0) is 0 Å². The SMILES string of the molecule is Cc1ccc(C(=O)NCCNC(=O)c2ccc(NC(=O)c3ccc(F)cc3)cc2)cc1. The van der Waals surface area contributed by atoms with Gasteiger partial charge >= 0.3 is 0 Å². The van der Waals surface area contributed by atoms with Gasteiger partial charge in [-0.3, -0.25) is 14.4 Å². The van der Waals surface area contributed by atoms with Crippen LogP contribution in [0.2, 0.25) is 0 Å². The lowest BCUT2D eigenvalue weighted by molar-refractivity contribution is 0.0927. The van der Waals surface area contributed by atoms with Gasteiger partial charge in [-0.05, 0) is 67.6 Å². The molecule has 0 unspecified atom stereocenters. The third kappa shape index (κ3) is 6.24. The minimum atomic E-state index is -0.415. The Morgan fingerprint density at radius 3 is 1.58 bits per heavy atom. The van der Waals surface area contributed by atoms with Crippen molar-refractivity contribution in [2.45, 2.75) is 6.92 Å². The first-order chi connectivity index (χ1) is 14.9. The number of amides is 3. The highest BCUT2D eigenvalue weighted by atomic mass is 19.1. The molecule has 3 rings (SSSR count). The smallest absolute Gasteiger partial charge is 0.255 e. The van der Waals surface area contributed by atoms with Gasteiger partial charge in [-0.15, -0.1) is 0 Å². The highest BCUT2D eigenvalue weighted by Gasteiger charge is 2.09. The standard InChI is InChI=1S/C24H22FN3O3/c1-16-2-4-17(5-3-16)22(29)26-14-15-27-23(30)18-8-12-21(13-9-18)28-24(31)19-6-10-20(25)11-7-19/h2-13H,14-15H2,1H3,(H,26,29)(H,27,30)(H,28,31). The second-order valence-corrected chi connectivity index (χ2v) is 6.92. The number of nitrogens with one attached hydrogen (secondary N) is 3. The Kier molecular flexibility index (Phi) is 7.11. The summed E-state index contributed by atoms with van der Waals surface area (Å²) in [6.45, 7) is 2.52. The van der Waals surface area contributed by atoms with Gasteiger partial charge in [0.15, 0.2) is 0 Å². The van der Waals surface area contributed by atoms with Crippen molar-refractivity contribution < 1.29 is 18.8 Å². The molecule has 158 valence electrons. The Balaban J connectivity index is 1.44. The molecule has 6 nitrogen and oxygen atoms in total. The van der Waals surface area contributed by atoms with Crippen molar-refractivity contribution in [3.05, 3.63) is 101 Å². The first kappa shape index (κ1) is 21.7. The normalized spacial score (nSPS) is 10.3. The average molecular weight is 419 g/mol. The van der Waals surface area contributed by atoms with Crippen molar-refractivity contribution in [2.75, 3.05) is 18.4 Å². The van der Waals surface area contributed by atoms with Crippen LogP contribution in [0, 0.1) is 12.7 Å². The number of hydrogen-bond acceptors (Lipinski definition) is 3. The molecule has 0 aromatic heterocycles. The number of halogens is 1. The molecular formula is C24H22FN3O3. The predicted molar refractivity (Wildman–Crippen MR) is 117 cm³/mol. The van der Waals surface area contributed by atoms with Crippen LogP contribution < -0.4 is 16.0 Å². The van der Waals surface area contributed by atoms with E-state index in [4.69, 9.17) is 0 Å². The van der Waals surface area contributed by atoms with Gasteiger partial charge in [-0.2, -0.15) is 0 Å². The fraction of sp³-hybridized carbons (Fsp3) is 0.125. The van der Waals surface area contributed by atoms with Crippen molar-refractivity contribution in [1.29, 1.82) is 0 Å². The number of hydrogen-bond donors (Lipinski definition) is 3. The van der Waals surface area contributed by atoms with Crippen molar-refractivity contribution in [1.82, 2.24) is 10.6 Å². The molecule has 0 saturated heterocycles. The van der Waals surface area contributed by atoms with Gasteiger partial charge in [-0.1, -0.05) is 17.7 Å². The Hall–Kier alpha value is -4.00. The summed E-state index contributed by atoms with van der Waals surface area (Å²) in [6.07, 6.45) is 0. The van der Waals surface area contributed by atoms with E-state index in [1.165, 1.54) is 24.3 Å². The molecule has 0 radical (unpaired) electrons. The zero-order valence-corrected chi connectivity index (χ0v) is 16.9. The topological polar surface area (TPSA) is 87.3 Å². The fourth-order valence-electron chi connectivity index (χ4n) is 2.77. The molecule has 3 aromatic carbocycles. The molecule has 3 N–H and O–H groups in total. The molecule has 0 spiro atoms. The molecule has 0 bridgehead atoms. The van der Waals surface area contributed by atoms with Crippen molar-refractivity contribution in [2.24, 2.45) is 0 Å². The average Bonchev–Trinajstić information content (AvgIpc) is 2.78. The molecule has 3 amide bonds. The van der Waals surface area contributed by atoms with E-state index >= 15 is 0 Å². The van der Waals surface area contributed by atoms with E-state index in [2.05, 4.69) is 16.0 Å². The Morgan fingerprint density at radius 1 is 0.645 bits per heavy atom. The third-order valence-corrected chi connectivity index (χ3v) is 4.52. The van der Waals surface area contributed by atoms with Crippen LogP contribution in [0.25, 0.3) is 0 Å². The number of carbonyl (C=O) groups is 3. The maximum atomic E-state index is 12.9. The van der Waals surface area contributed by atoms with Gasteiger partial charge in [-0.25, -0.2) is 4.39 Å². The minimum absolute atomic E-state index is 0.199. The van der Waals surface area contributed by atoms with Crippen LogP contribution in [0.15, 0.2) is 72.8 Å². The van der Waals surface area contributed by atoms with E-state index in [1.54, 1.807) is 36.4 Å². The van der Waals surface area contributed by atoms with Gasteiger partial charge in [0.1, 0.15) is 5.82 Å². The van der Waals surface area contributed by atoms with Gasteiger partial charge in [0.25, 0.3) is 17.7 Å². The number of aryl methyl sites for hydroxylation is 1. The highest BCUT2D eigenvalue weighted by Crippen LogP contribution is 2.12. The van der Waals surface area contributed by atoms with E-state index in [-0.39, 0.29) is 24.3 Å². The molecule has 0 aliphatic heterocycles. The van der Waals surface area contributed by atoms with Crippen LogP contribution in [-0.4, -0.2) is 30.8 Å². The second-order valence-electron chi connectivity index (χ2n) is 6.92. The van der Waals surface area contributed by atoms with Crippen molar-refractivity contribution in [3.8, 4) is 0 Å². The largest absolute Gasteiger partial charge is 0.350 e. The van der Waals surface area contributed by atoms with Crippen LogP contribution in [0.4, 0.5) is 10.1 Å². The quantitative estimate of drug-likeness (QED) is 0.512. The van der Waals surface area contributed by atoms with Gasteiger partial charge in [0.05, 0.1) is 0 Å². The van der Waals surface area contributed by atoms with Crippen molar-refractivity contribution >= 4 is 23.4 Å². The lowest BCUT2D eigenvalue weighted by atomic mass is 10.1. The number of anilines is 1. The summed E-state index contributed by atoms with van der Waals surface area (Å²) in [4.78, 5) is 36.4. The summed E-state index contributed by atoms with van der Waals surface area (Å²) in [6, 6.07) is 18.8. The van der Waals surface area contributed by atoms with Crippen LogP contribution in [0.3, 0.4) is 0 Å². The van der Waals surface area contributed by atoms with Crippen LogP contribution >= 0.6 is 0 Å². The summed E-state index contributed by atoms with van der Waals surface area (Å²) >= 11 is 0. The molecule has 3 aromatic rings. The van der Waals surface area contributed by atoms with E-state index in [9.17, 15) is 18.8 Å². The van der Waals surface area contributed by atoms with E-state index < -0.39 is 5.82 Å². The fourth-order valence-corrected chi connectivity index (χ4v) is 2.77. The maximum absolute atomic E-state index is 12.9. The molecule has 0 aliphatic rings. The molecule has 0 heterocycles. The zero-order chi connectivity index (χ0) is 22.2. The van der Waals surface area contributed by atoms with E-state index in [0.29, 0.717) is 28.9 Å². The van der Waals surface area contributed by atoms with Gasteiger partial charge in [0, 0.05) is 35.5 Å². The third-order valence-electron chi connectivity index (χ3n) is 4.52. The van der Waals surface area contributed by atoms with Crippen LogP contribution in [0.1, 0.15) is 36.6 Å². The lowest BCUT2D eigenvalue weighted by Gasteiger charge is -2.09. The molecule has 31 heavy (non-hydrogen) atoms. The highest BCUT2D eigenvalue weighted by molar-refractivity contribution is 6.04. The monoisotopic (exact) mass is 419 g/mol. The molecular weight excluding hydrogens is 397 g/mol. The molecule has 0 fully saturated rings. The van der Waals surface area contributed by atoms with Crippen LogP contribution in [0.5, 0.6) is 0 Å². The minimum Gasteiger partial charge on any atom is -0.350 e. The van der Waals surface area contributed by atoms with Crippen molar-refractivity contribution in [3.63, 3.8) is 0 Å². The Morgan fingerprint density at radius 2 is 1.06 bits per heavy atom. The zero-order valence-electron chi connectivity index (χ0n) is 16.9. The Bertz CT molecular complexity index is 1060. The second kappa shape index (κ2) is 10.2. The predicted octanol–water partition coefficient (Wildman–Crippen LogP) is 3.55. The van der Waals surface area contributed by atoms with Gasteiger partial charge < -0.3 is 16.0 Å². The van der Waals surface area contributed by atoms with Gasteiger partial charge in [0.2, 0.25) is 0 Å².